The van der Waals surface area contributed by atoms with Crippen LogP contribution in [0.3, 0.4) is 0 Å². The zero-order chi connectivity index (χ0) is 16.0. The Hall–Kier alpha value is -1.28. The summed E-state index contributed by atoms with van der Waals surface area (Å²) in [6.07, 6.45) is 25.1. The van der Waals surface area contributed by atoms with Gasteiger partial charge in [0.1, 0.15) is 5.76 Å². The summed E-state index contributed by atoms with van der Waals surface area (Å²) in [6.45, 7) is 5.28. The number of allylic oxidation sites excluding steroid dienone is 11. The van der Waals surface area contributed by atoms with Crippen molar-refractivity contribution in [3.05, 3.63) is 71.0 Å². The van der Waals surface area contributed by atoms with Crippen molar-refractivity contribution in [3.63, 3.8) is 0 Å². The summed E-state index contributed by atoms with van der Waals surface area (Å²) in [5, 5.41) is 0. The molecule has 0 aliphatic heterocycles. The van der Waals surface area contributed by atoms with Gasteiger partial charge in [-0.2, -0.15) is 0 Å². The van der Waals surface area contributed by atoms with Gasteiger partial charge in [-0.3, -0.25) is 0 Å². The first kappa shape index (κ1) is 18.8. The lowest BCUT2D eigenvalue weighted by Gasteiger charge is -2.15. The smallest absolute Gasteiger partial charge is 0.119 e. The highest BCUT2D eigenvalue weighted by Gasteiger charge is 2.06. The minimum Gasteiger partial charge on any atom is -0.493 e. The standard InChI is InChI=1S/C20H27BrO/c1-3-5-12-18(4-2)17-22-20-15-10-6-8-13-19(21)14-9-7-11-16-20/h6-11,13-16,18H,3-5,12,17H2,1-2H3/b8-6+,9-7?,10-6?,11-7+,13-8?,14-9-,15-10-,16-11?,19-13+,19-14?,20-15?,20-16+. The number of hydrogen-bond donors (Lipinski definition) is 0. The molecule has 0 aromatic rings. The quantitative estimate of drug-likeness (QED) is 0.494. The number of ether oxygens (including phenoxy) is 1. The normalized spacial score (nSPS) is 27.0. The van der Waals surface area contributed by atoms with Gasteiger partial charge >= 0.3 is 0 Å². The summed E-state index contributed by atoms with van der Waals surface area (Å²) in [6, 6.07) is 0. The fourth-order valence-corrected chi connectivity index (χ4v) is 2.35. The van der Waals surface area contributed by atoms with E-state index in [4.69, 9.17) is 4.74 Å². The molecule has 1 rings (SSSR count). The molecule has 0 N–H and O–H groups in total. The van der Waals surface area contributed by atoms with Crippen LogP contribution in [0.5, 0.6) is 0 Å². The van der Waals surface area contributed by atoms with E-state index in [0.29, 0.717) is 5.92 Å². The minimum absolute atomic E-state index is 0.647. The van der Waals surface area contributed by atoms with E-state index in [0.717, 1.165) is 16.8 Å². The average Bonchev–Trinajstić information content (AvgIpc) is 2.52. The van der Waals surface area contributed by atoms with Crippen LogP contribution in [0.2, 0.25) is 0 Å². The van der Waals surface area contributed by atoms with Crippen molar-refractivity contribution in [1.82, 2.24) is 0 Å². The van der Waals surface area contributed by atoms with Crippen molar-refractivity contribution >= 4 is 15.9 Å². The first-order valence-electron chi connectivity index (χ1n) is 8.14. The summed E-state index contributed by atoms with van der Waals surface area (Å²) in [4.78, 5) is 0. The van der Waals surface area contributed by atoms with Gasteiger partial charge in [0.05, 0.1) is 6.61 Å². The molecule has 0 aromatic carbocycles. The van der Waals surface area contributed by atoms with Crippen molar-refractivity contribution in [2.45, 2.75) is 39.5 Å². The molecule has 1 nitrogen and oxygen atoms in total. The zero-order valence-electron chi connectivity index (χ0n) is 13.7. The van der Waals surface area contributed by atoms with Crippen LogP contribution in [0, 0.1) is 5.92 Å². The van der Waals surface area contributed by atoms with E-state index < -0.39 is 0 Å². The molecule has 1 aliphatic rings. The first-order valence-corrected chi connectivity index (χ1v) is 8.94. The van der Waals surface area contributed by atoms with Gasteiger partial charge in [0.15, 0.2) is 0 Å². The van der Waals surface area contributed by atoms with Crippen molar-refractivity contribution in [3.8, 4) is 0 Å². The number of halogens is 1. The molecule has 120 valence electrons. The van der Waals surface area contributed by atoms with Crippen molar-refractivity contribution in [1.29, 1.82) is 0 Å². The van der Waals surface area contributed by atoms with Crippen LogP contribution in [-0.2, 0) is 4.74 Å². The monoisotopic (exact) mass is 362 g/mol. The van der Waals surface area contributed by atoms with E-state index in [1.165, 1.54) is 25.7 Å². The largest absolute Gasteiger partial charge is 0.493 e. The van der Waals surface area contributed by atoms with E-state index in [9.17, 15) is 0 Å². The van der Waals surface area contributed by atoms with E-state index in [1.807, 2.05) is 60.8 Å². The summed E-state index contributed by atoms with van der Waals surface area (Å²) in [5.41, 5.74) is 0. The molecule has 0 amide bonds. The van der Waals surface area contributed by atoms with Gasteiger partial charge in [-0.25, -0.2) is 0 Å². The van der Waals surface area contributed by atoms with Crippen LogP contribution in [-0.4, -0.2) is 6.61 Å². The van der Waals surface area contributed by atoms with Gasteiger partial charge in [-0.1, -0.05) is 85.5 Å². The molecular formula is C20H27BrO. The Morgan fingerprint density at radius 3 is 2.41 bits per heavy atom. The Kier molecular flexibility index (Phi) is 10.5. The van der Waals surface area contributed by atoms with Gasteiger partial charge in [-0.05, 0) is 36.6 Å². The highest BCUT2D eigenvalue weighted by atomic mass is 79.9. The molecule has 22 heavy (non-hydrogen) atoms. The summed E-state index contributed by atoms with van der Waals surface area (Å²) < 4.78 is 7.04. The topological polar surface area (TPSA) is 9.23 Å². The lowest BCUT2D eigenvalue weighted by molar-refractivity contribution is 0.165. The molecule has 1 unspecified atom stereocenters. The molecule has 2 heteroatoms. The third-order valence-corrected chi connectivity index (χ3v) is 4.03. The second-order valence-corrected chi connectivity index (χ2v) is 6.25. The Morgan fingerprint density at radius 2 is 1.68 bits per heavy atom. The molecule has 0 aromatic heterocycles. The second-order valence-electron chi connectivity index (χ2n) is 5.34. The summed E-state index contributed by atoms with van der Waals surface area (Å²) in [5.74, 6) is 1.56. The number of unbranched alkanes of at least 4 members (excludes halogenated alkanes) is 1. The van der Waals surface area contributed by atoms with E-state index in [1.54, 1.807) is 0 Å². The summed E-state index contributed by atoms with van der Waals surface area (Å²) in [7, 11) is 0. The van der Waals surface area contributed by atoms with Gasteiger partial charge in [0.25, 0.3) is 0 Å². The zero-order valence-corrected chi connectivity index (χ0v) is 15.3. The molecule has 0 saturated carbocycles. The molecule has 0 spiro atoms. The number of hydrogen-bond acceptors (Lipinski definition) is 1. The second kappa shape index (κ2) is 12.3. The Labute approximate surface area is 144 Å². The van der Waals surface area contributed by atoms with E-state index in [2.05, 4.69) is 29.8 Å². The van der Waals surface area contributed by atoms with Gasteiger partial charge < -0.3 is 4.74 Å². The van der Waals surface area contributed by atoms with Crippen LogP contribution < -0.4 is 0 Å². The molecular weight excluding hydrogens is 336 g/mol. The molecule has 0 bridgehead atoms. The maximum Gasteiger partial charge on any atom is 0.119 e. The maximum atomic E-state index is 6.00. The minimum atomic E-state index is 0.647. The Balaban J connectivity index is 2.65. The van der Waals surface area contributed by atoms with Crippen molar-refractivity contribution in [2.75, 3.05) is 6.61 Å². The third kappa shape index (κ3) is 8.89. The first-order chi connectivity index (χ1) is 10.8. The highest BCUT2D eigenvalue weighted by molar-refractivity contribution is 9.11. The molecule has 0 fully saturated rings. The van der Waals surface area contributed by atoms with E-state index in [-0.39, 0.29) is 0 Å². The summed E-state index contributed by atoms with van der Waals surface area (Å²) >= 11 is 3.48. The van der Waals surface area contributed by atoms with Crippen LogP contribution in [0.25, 0.3) is 0 Å². The third-order valence-electron chi connectivity index (χ3n) is 3.51. The number of rotatable bonds is 7. The maximum absolute atomic E-state index is 6.00. The average molecular weight is 363 g/mol. The van der Waals surface area contributed by atoms with Gasteiger partial charge in [-0.15, -0.1) is 0 Å². The van der Waals surface area contributed by atoms with Crippen LogP contribution in [0.4, 0.5) is 0 Å². The molecule has 0 heterocycles. The lowest BCUT2D eigenvalue weighted by atomic mass is 10.0. The molecule has 1 aliphatic carbocycles. The predicted molar refractivity (Wildman–Crippen MR) is 101 cm³/mol. The van der Waals surface area contributed by atoms with Crippen LogP contribution in [0.1, 0.15) is 39.5 Å². The SMILES string of the molecule is CCCCC(CC)COC1=C/C=C/C=C\C(Br)=C/C=C/C=C\1. The van der Waals surface area contributed by atoms with Crippen molar-refractivity contribution < 1.29 is 4.74 Å². The Bertz CT molecular complexity index is 478. The fraction of sp³-hybridized carbons (Fsp3) is 0.400. The molecule has 0 radical (unpaired) electrons. The van der Waals surface area contributed by atoms with Crippen LogP contribution >= 0.6 is 15.9 Å². The Morgan fingerprint density at radius 1 is 0.955 bits per heavy atom. The van der Waals surface area contributed by atoms with Gasteiger partial charge in [0.2, 0.25) is 0 Å². The fourth-order valence-electron chi connectivity index (χ4n) is 2.04. The molecule has 1 atom stereocenters. The van der Waals surface area contributed by atoms with E-state index >= 15 is 0 Å². The molecule has 0 saturated heterocycles. The highest BCUT2D eigenvalue weighted by Crippen LogP contribution is 2.15. The van der Waals surface area contributed by atoms with Crippen molar-refractivity contribution in [2.24, 2.45) is 5.92 Å². The van der Waals surface area contributed by atoms with Crippen LogP contribution in [0.15, 0.2) is 71.0 Å². The predicted octanol–water partition coefficient (Wildman–Crippen LogP) is 6.62. The van der Waals surface area contributed by atoms with Gasteiger partial charge in [0, 0.05) is 4.48 Å². The lowest BCUT2D eigenvalue weighted by Crippen LogP contribution is -2.08.